The molecule has 1 heterocycles. The predicted octanol–water partition coefficient (Wildman–Crippen LogP) is 0.764. The van der Waals surface area contributed by atoms with Crippen LogP contribution in [0.3, 0.4) is 0 Å². The standard InChI is InChI=1S/C11H18N2O5S.ClH/c1-4-17-11(14)9-5-6-10(18-9)19(15,16)13-7-8(2)12-3;/h5-6,8,12-13H,4,7H2,1-3H3;1H. The van der Waals surface area contributed by atoms with E-state index in [2.05, 4.69) is 10.0 Å². The summed E-state index contributed by atoms with van der Waals surface area (Å²) in [5.74, 6) is -0.823. The van der Waals surface area contributed by atoms with E-state index < -0.39 is 16.0 Å². The molecule has 0 aromatic carbocycles. The third-order valence-electron chi connectivity index (χ3n) is 2.40. The normalized spacial score (nSPS) is 12.6. The Bertz CT molecular complexity index is 529. The summed E-state index contributed by atoms with van der Waals surface area (Å²) in [5, 5.41) is 2.59. The Hall–Kier alpha value is -1.09. The summed E-state index contributed by atoms with van der Waals surface area (Å²) in [6.45, 7) is 3.89. The van der Waals surface area contributed by atoms with Crippen LogP contribution in [0.4, 0.5) is 0 Å². The molecular weight excluding hydrogens is 308 g/mol. The van der Waals surface area contributed by atoms with Crippen molar-refractivity contribution in [2.24, 2.45) is 0 Å². The van der Waals surface area contributed by atoms with Gasteiger partial charge in [0.15, 0.2) is 0 Å². The molecule has 7 nitrogen and oxygen atoms in total. The van der Waals surface area contributed by atoms with E-state index in [1.165, 1.54) is 12.1 Å². The monoisotopic (exact) mass is 326 g/mol. The highest BCUT2D eigenvalue weighted by Gasteiger charge is 2.21. The quantitative estimate of drug-likeness (QED) is 0.718. The lowest BCUT2D eigenvalue weighted by atomic mass is 10.4. The molecular formula is C11H19ClN2O5S. The molecule has 1 unspecified atom stereocenters. The number of carbonyl (C=O) groups excluding carboxylic acids is 1. The summed E-state index contributed by atoms with van der Waals surface area (Å²) < 4.78 is 35.8. The van der Waals surface area contributed by atoms with Crippen molar-refractivity contribution in [1.82, 2.24) is 10.0 Å². The minimum absolute atomic E-state index is 0. The summed E-state index contributed by atoms with van der Waals surface area (Å²) in [4.78, 5) is 11.4. The molecule has 20 heavy (non-hydrogen) atoms. The van der Waals surface area contributed by atoms with E-state index in [1.807, 2.05) is 6.92 Å². The number of esters is 1. The summed E-state index contributed by atoms with van der Waals surface area (Å²) in [6, 6.07) is 2.47. The maximum absolute atomic E-state index is 11.9. The van der Waals surface area contributed by atoms with Crippen molar-refractivity contribution < 1.29 is 22.4 Å². The van der Waals surface area contributed by atoms with Gasteiger partial charge in [0.2, 0.25) is 10.9 Å². The van der Waals surface area contributed by atoms with Crippen LogP contribution in [0.1, 0.15) is 24.4 Å². The lowest BCUT2D eigenvalue weighted by Gasteiger charge is -2.10. The van der Waals surface area contributed by atoms with Crippen LogP contribution in [0.15, 0.2) is 21.6 Å². The number of halogens is 1. The fraction of sp³-hybridized carbons (Fsp3) is 0.545. The van der Waals surface area contributed by atoms with E-state index in [4.69, 9.17) is 9.15 Å². The van der Waals surface area contributed by atoms with Gasteiger partial charge in [-0.1, -0.05) is 0 Å². The molecule has 0 aliphatic heterocycles. The van der Waals surface area contributed by atoms with Gasteiger partial charge in [-0.2, -0.15) is 0 Å². The Labute approximate surface area is 124 Å². The summed E-state index contributed by atoms with van der Waals surface area (Å²) >= 11 is 0. The van der Waals surface area contributed by atoms with Crippen molar-refractivity contribution in [3.8, 4) is 0 Å². The van der Waals surface area contributed by atoms with Crippen molar-refractivity contribution in [1.29, 1.82) is 0 Å². The Kier molecular flexibility index (Phi) is 7.80. The SMILES string of the molecule is CCOC(=O)c1ccc(S(=O)(=O)NCC(C)NC)o1.Cl. The second-order valence-corrected chi connectivity index (χ2v) is 5.58. The van der Waals surface area contributed by atoms with Crippen LogP contribution in [0, 0.1) is 0 Å². The molecule has 0 radical (unpaired) electrons. The molecule has 116 valence electrons. The van der Waals surface area contributed by atoms with Gasteiger partial charge in [-0.05, 0) is 33.0 Å². The number of hydrogen-bond acceptors (Lipinski definition) is 6. The average Bonchev–Trinajstić information content (AvgIpc) is 2.86. The van der Waals surface area contributed by atoms with Gasteiger partial charge in [0.1, 0.15) is 0 Å². The van der Waals surface area contributed by atoms with E-state index in [0.29, 0.717) is 0 Å². The summed E-state index contributed by atoms with van der Waals surface area (Å²) in [7, 11) is -2.03. The number of rotatable bonds is 7. The second-order valence-electron chi connectivity index (χ2n) is 3.88. The van der Waals surface area contributed by atoms with Crippen LogP contribution in [-0.2, 0) is 14.8 Å². The largest absolute Gasteiger partial charge is 0.460 e. The Balaban J connectivity index is 0.00000361. The van der Waals surface area contributed by atoms with Gasteiger partial charge < -0.3 is 14.5 Å². The molecule has 1 aromatic rings. The highest BCUT2D eigenvalue weighted by molar-refractivity contribution is 7.89. The number of sulfonamides is 1. The van der Waals surface area contributed by atoms with Crippen LogP contribution in [-0.4, -0.2) is 40.6 Å². The van der Waals surface area contributed by atoms with Gasteiger partial charge in [-0.15, -0.1) is 12.4 Å². The number of carbonyl (C=O) groups is 1. The Morgan fingerprint density at radius 2 is 2.10 bits per heavy atom. The molecule has 0 saturated heterocycles. The van der Waals surface area contributed by atoms with Crippen LogP contribution in [0.2, 0.25) is 0 Å². The number of nitrogens with one attached hydrogen (secondary N) is 2. The number of ether oxygens (including phenoxy) is 1. The van der Waals surface area contributed by atoms with Gasteiger partial charge in [0, 0.05) is 12.6 Å². The zero-order chi connectivity index (χ0) is 14.5. The predicted molar refractivity (Wildman–Crippen MR) is 75.6 cm³/mol. The van der Waals surface area contributed by atoms with Crippen LogP contribution < -0.4 is 10.0 Å². The zero-order valence-corrected chi connectivity index (χ0v) is 13.1. The van der Waals surface area contributed by atoms with Gasteiger partial charge in [-0.25, -0.2) is 17.9 Å². The van der Waals surface area contributed by atoms with Crippen LogP contribution in [0.25, 0.3) is 0 Å². The first-order valence-corrected chi connectivity index (χ1v) is 7.33. The van der Waals surface area contributed by atoms with Gasteiger partial charge in [-0.3, -0.25) is 0 Å². The molecule has 0 saturated carbocycles. The maximum atomic E-state index is 11.9. The maximum Gasteiger partial charge on any atom is 0.374 e. The Morgan fingerprint density at radius 3 is 2.65 bits per heavy atom. The summed E-state index contributed by atoms with van der Waals surface area (Å²) in [6.07, 6.45) is 0. The first-order chi connectivity index (χ1) is 8.90. The Morgan fingerprint density at radius 1 is 1.45 bits per heavy atom. The molecule has 0 aliphatic rings. The first kappa shape index (κ1) is 18.9. The minimum Gasteiger partial charge on any atom is -0.460 e. The molecule has 0 spiro atoms. The molecule has 0 bridgehead atoms. The van der Waals surface area contributed by atoms with Gasteiger partial charge in [0.25, 0.3) is 10.0 Å². The van der Waals surface area contributed by atoms with Crippen LogP contribution >= 0.6 is 12.4 Å². The minimum atomic E-state index is -3.76. The fourth-order valence-electron chi connectivity index (χ4n) is 1.18. The van der Waals surface area contributed by atoms with Crippen molar-refractivity contribution in [2.45, 2.75) is 25.0 Å². The van der Waals surface area contributed by atoms with E-state index in [0.717, 1.165) is 0 Å². The third-order valence-corrected chi connectivity index (χ3v) is 3.69. The molecule has 0 fully saturated rings. The number of likely N-dealkylation sites (N-methyl/N-ethyl adjacent to an activating group) is 1. The molecule has 1 aromatic heterocycles. The highest BCUT2D eigenvalue weighted by atomic mass is 35.5. The smallest absolute Gasteiger partial charge is 0.374 e. The molecule has 0 aliphatic carbocycles. The lowest BCUT2D eigenvalue weighted by Crippen LogP contribution is -2.37. The van der Waals surface area contributed by atoms with Gasteiger partial charge in [0.05, 0.1) is 6.61 Å². The van der Waals surface area contributed by atoms with E-state index in [9.17, 15) is 13.2 Å². The first-order valence-electron chi connectivity index (χ1n) is 5.84. The molecule has 9 heteroatoms. The molecule has 2 N–H and O–H groups in total. The van der Waals surface area contributed by atoms with Crippen molar-refractivity contribution in [2.75, 3.05) is 20.2 Å². The molecule has 0 amide bonds. The fourth-order valence-corrected chi connectivity index (χ4v) is 2.24. The zero-order valence-electron chi connectivity index (χ0n) is 11.5. The van der Waals surface area contributed by atoms with E-state index >= 15 is 0 Å². The molecule has 1 rings (SSSR count). The van der Waals surface area contributed by atoms with Crippen LogP contribution in [0.5, 0.6) is 0 Å². The lowest BCUT2D eigenvalue weighted by molar-refractivity contribution is 0.0484. The van der Waals surface area contributed by atoms with Gasteiger partial charge >= 0.3 is 5.97 Å². The van der Waals surface area contributed by atoms with E-state index in [-0.39, 0.29) is 42.5 Å². The third kappa shape index (κ3) is 5.12. The second kappa shape index (κ2) is 8.25. The van der Waals surface area contributed by atoms with Crippen molar-refractivity contribution >= 4 is 28.4 Å². The van der Waals surface area contributed by atoms with Crippen molar-refractivity contribution in [3.63, 3.8) is 0 Å². The number of hydrogen-bond donors (Lipinski definition) is 2. The molecule has 1 atom stereocenters. The summed E-state index contributed by atoms with van der Waals surface area (Å²) in [5.41, 5.74) is 0. The van der Waals surface area contributed by atoms with E-state index in [1.54, 1.807) is 14.0 Å². The topological polar surface area (TPSA) is 97.6 Å². The number of furan rings is 1. The average molecular weight is 327 g/mol. The van der Waals surface area contributed by atoms with Crippen molar-refractivity contribution in [3.05, 3.63) is 17.9 Å². The highest BCUT2D eigenvalue weighted by Crippen LogP contribution is 2.14.